The van der Waals surface area contributed by atoms with Gasteiger partial charge < -0.3 is 9.88 Å². The van der Waals surface area contributed by atoms with Gasteiger partial charge in [-0.05, 0) is 54.7 Å². The molecule has 3 heterocycles. The van der Waals surface area contributed by atoms with Gasteiger partial charge in [0.15, 0.2) is 0 Å². The Morgan fingerprint density at radius 3 is 2.62 bits per heavy atom. The molecular formula is C23H21FN4O. The van der Waals surface area contributed by atoms with Crippen LogP contribution in [0.2, 0.25) is 0 Å². The zero-order chi connectivity index (χ0) is 19.8. The number of hydrogen-bond acceptors (Lipinski definition) is 2. The molecule has 0 atom stereocenters. The van der Waals surface area contributed by atoms with E-state index in [4.69, 9.17) is 0 Å². The van der Waals surface area contributed by atoms with Crippen molar-refractivity contribution in [1.82, 2.24) is 20.1 Å². The van der Waals surface area contributed by atoms with Crippen LogP contribution < -0.4 is 0 Å². The van der Waals surface area contributed by atoms with Crippen LogP contribution in [0.1, 0.15) is 34.7 Å². The molecule has 146 valence electrons. The first-order valence-corrected chi connectivity index (χ1v) is 9.85. The lowest BCUT2D eigenvalue weighted by Crippen LogP contribution is -2.38. The number of rotatable bonds is 3. The minimum absolute atomic E-state index is 0.0320. The number of H-pyrrole nitrogens is 2. The molecule has 29 heavy (non-hydrogen) atoms. The molecule has 1 amide bonds. The minimum Gasteiger partial charge on any atom is -0.361 e. The zero-order valence-corrected chi connectivity index (χ0v) is 15.9. The molecule has 1 aliphatic rings. The van der Waals surface area contributed by atoms with Crippen molar-refractivity contribution >= 4 is 16.8 Å². The molecule has 0 radical (unpaired) electrons. The van der Waals surface area contributed by atoms with E-state index in [0.29, 0.717) is 30.3 Å². The Morgan fingerprint density at radius 2 is 1.83 bits per heavy atom. The second-order valence-corrected chi connectivity index (χ2v) is 7.52. The Kier molecular flexibility index (Phi) is 4.39. The number of amides is 1. The number of hydrogen-bond donors (Lipinski definition) is 2. The summed E-state index contributed by atoms with van der Waals surface area (Å²) in [6.07, 6.45) is 5.52. The number of carbonyl (C=O) groups excluding carboxylic acids is 1. The fourth-order valence-electron chi connectivity index (χ4n) is 4.28. The van der Waals surface area contributed by atoms with Gasteiger partial charge in [0.05, 0.1) is 17.5 Å². The first-order valence-electron chi connectivity index (χ1n) is 9.85. The van der Waals surface area contributed by atoms with E-state index < -0.39 is 0 Å². The third-order valence-corrected chi connectivity index (χ3v) is 5.85. The van der Waals surface area contributed by atoms with Crippen LogP contribution in [-0.2, 0) is 0 Å². The second-order valence-electron chi connectivity index (χ2n) is 7.52. The average molecular weight is 388 g/mol. The van der Waals surface area contributed by atoms with Gasteiger partial charge in [0.2, 0.25) is 0 Å². The highest BCUT2D eigenvalue weighted by Gasteiger charge is 2.28. The maximum atomic E-state index is 13.2. The molecule has 5 rings (SSSR count). The molecule has 0 bridgehead atoms. The van der Waals surface area contributed by atoms with Crippen molar-refractivity contribution in [2.24, 2.45) is 0 Å². The van der Waals surface area contributed by atoms with Gasteiger partial charge in [0.25, 0.3) is 5.91 Å². The van der Waals surface area contributed by atoms with E-state index in [2.05, 4.69) is 39.6 Å². The Hall–Kier alpha value is -3.41. The first kappa shape index (κ1) is 17.7. The number of para-hydroxylation sites is 1. The van der Waals surface area contributed by atoms with Gasteiger partial charge in [-0.2, -0.15) is 5.10 Å². The SMILES string of the molecule is O=C(c1cn[nH]c1-c1ccc(F)cc1)N1CCC(c2c[nH]c3ccccc23)CC1. The van der Waals surface area contributed by atoms with Gasteiger partial charge >= 0.3 is 0 Å². The third-order valence-electron chi connectivity index (χ3n) is 5.85. The Bertz CT molecular complexity index is 1150. The molecule has 6 heteroatoms. The summed E-state index contributed by atoms with van der Waals surface area (Å²) in [7, 11) is 0. The summed E-state index contributed by atoms with van der Waals surface area (Å²) in [5.74, 6) is 0.104. The summed E-state index contributed by atoms with van der Waals surface area (Å²) in [6.45, 7) is 1.41. The number of aromatic amines is 2. The lowest BCUT2D eigenvalue weighted by molar-refractivity contribution is 0.0714. The van der Waals surface area contributed by atoms with E-state index in [1.165, 1.54) is 23.1 Å². The lowest BCUT2D eigenvalue weighted by atomic mass is 9.89. The van der Waals surface area contributed by atoms with E-state index in [9.17, 15) is 9.18 Å². The molecule has 0 spiro atoms. The number of fused-ring (bicyclic) bond motifs is 1. The molecule has 1 fully saturated rings. The summed E-state index contributed by atoms with van der Waals surface area (Å²) in [6, 6.07) is 14.4. The first-order chi connectivity index (χ1) is 14.2. The maximum Gasteiger partial charge on any atom is 0.257 e. The molecular weight excluding hydrogens is 367 g/mol. The van der Waals surface area contributed by atoms with Gasteiger partial charge in [0.1, 0.15) is 5.82 Å². The monoisotopic (exact) mass is 388 g/mol. The average Bonchev–Trinajstić information content (AvgIpc) is 3.41. The molecule has 2 aromatic heterocycles. The van der Waals surface area contributed by atoms with E-state index >= 15 is 0 Å². The Morgan fingerprint density at radius 1 is 1.07 bits per heavy atom. The van der Waals surface area contributed by atoms with Crippen LogP contribution in [0, 0.1) is 5.82 Å². The minimum atomic E-state index is -0.305. The van der Waals surface area contributed by atoms with Gasteiger partial charge in [-0.3, -0.25) is 9.89 Å². The lowest BCUT2D eigenvalue weighted by Gasteiger charge is -2.32. The summed E-state index contributed by atoms with van der Waals surface area (Å²) >= 11 is 0. The van der Waals surface area contributed by atoms with E-state index in [-0.39, 0.29) is 11.7 Å². The van der Waals surface area contributed by atoms with Gasteiger partial charge in [0, 0.05) is 35.8 Å². The molecule has 2 N–H and O–H groups in total. The number of carbonyl (C=O) groups is 1. The third kappa shape index (κ3) is 3.20. The molecule has 1 aliphatic heterocycles. The summed E-state index contributed by atoms with van der Waals surface area (Å²) < 4.78 is 13.2. The molecule has 0 saturated carbocycles. The van der Waals surface area contributed by atoms with Crippen LogP contribution in [0.4, 0.5) is 4.39 Å². The summed E-state index contributed by atoms with van der Waals surface area (Å²) in [5, 5.41) is 8.21. The van der Waals surface area contributed by atoms with Crippen molar-refractivity contribution in [3.63, 3.8) is 0 Å². The standard InChI is InChI=1S/C23H21FN4O/c24-17-7-5-16(6-8-17)22-20(14-26-27-22)23(29)28-11-9-15(10-12-28)19-13-25-21-4-2-1-3-18(19)21/h1-8,13-15,25H,9-12H2,(H,26,27). The number of benzene rings is 2. The van der Waals surface area contributed by atoms with Gasteiger partial charge in [-0.1, -0.05) is 18.2 Å². The largest absolute Gasteiger partial charge is 0.361 e. The van der Waals surface area contributed by atoms with Crippen molar-refractivity contribution in [2.75, 3.05) is 13.1 Å². The van der Waals surface area contributed by atoms with Crippen molar-refractivity contribution in [1.29, 1.82) is 0 Å². The molecule has 1 saturated heterocycles. The van der Waals surface area contributed by atoms with E-state index in [0.717, 1.165) is 23.9 Å². The van der Waals surface area contributed by atoms with Gasteiger partial charge in [-0.15, -0.1) is 0 Å². The van der Waals surface area contributed by atoms with Crippen LogP contribution >= 0.6 is 0 Å². The summed E-state index contributed by atoms with van der Waals surface area (Å²) in [4.78, 5) is 18.4. The number of aromatic nitrogens is 3. The van der Waals surface area contributed by atoms with Crippen LogP contribution in [0.15, 0.2) is 60.9 Å². The summed E-state index contributed by atoms with van der Waals surface area (Å²) in [5.41, 5.74) is 4.41. The zero-order valence-electron chi connectivity index (χ0n) is 15.9. The molecule has 0 aliphatic carbocycles. The molecule has 0 unspecified atom stereocenters. The van der Waals surface area contributed by atoms with Crippen LogP contribution in [0.5, 0.6) is 0 Å². The predicted octanol–water partition coefficient (Wildman–Crippen LogP) is 4.72. The normalized spacial score (nSPS) is 15.1. The van der Waals surface area contributed by atoms with Crippen molar-refractivity contribution in [3.8, 4) is 11.3 Å². The van der Waals surface area contributed by atoms with Crippen molar-refractivity contribution in [3.05, 3.63) is 77.9 Å². The fraction of sp³-hybridized carbons (Fsp3) is 0.217. The number of nitrogens with zero attached hydrogens (tertiary/aromatic N) is 2. The van der Waals surface area contributed by atoms with Crippen LogP contribution in [-0.4, -0.2) is 39.1 Å². The fourth-order valence-corrected chi connectivity index (χ4v) is 4.28. The van der Waals surface area contributed by atoms with E-state index in [1.54, 1.807) is 18.3 Å². The highest BCUT2D eigenvalue weighted by atomic mass is 19.1. The Labute approximate surface area is 167 Å². The number of nitrogens with one attached hydrogen (secondary N) is 2. The maximum absolute atomic E-state index is 13.2. The molecule has 4 aromatic rings. The topological polar surface area (TPSA) is 64.8 Å². The number of piperidine rings is 1. The van der Waals surface area contributed by atoms with Crippen LogP contribution in [0.3, 0.4) is 0 Å². The molecule has 2 aromatic carbocycles. The number of likely N-dealkylation sites (tertiary alicyclic amines) is 1. The highest BCUT2D eigenvalue weighted by Crippen LogP contribution is 2.34. The quantitative estimate of drug-likeness (QED) is 0.533. The Balaban J connectivity index is 1.32. The van der Waals surface area contributed by atoms with Gasteiger partial charge in [-0.25, -0.2) is 4.39 Å². The second kappa shape index (κ2) is 7.20. The van der Waals surface area contributed by atoms with Crippen molar-refractivity contribution in [2.45, 2.75) is 18.8 Å². The van der Waals surface area contributed by atoms with Crippen molar-refractivity contribution < 1.29 is 9.18 Å². The molecule has 5 nitrogen and oxygen atoms in total. The smallest absolute Gasteiger partial charge is 0.257 e. The highest BCUT2D eigenvalue weighted by molar-refractivity contribution is 5.99. The van der Waals surface area contributed by atoms with Crippen LogP contribution in [0.25, 0.3) is 22.2 Å². The van der Waals surface area contributed by atoms with E-state index in [1.807, 2.05) is 11.0 Å². The predicted molar refractivity (Wildman–Crippen MR) is 110 cm³/mol. The number of halogens is 1.